The Morgan fingerprint density at radius 3 is 2.78 bits per heavy atom. The van der Waals surface area contributed by atoms with Crippen molar-refractivity contribution in [1.82, 2.24) is 30.0 Å². The van der Waals surface area contributed by atoms with Crippen LogP contribution < -0.4 is 11.3 Å². The number of hydrazine groups is 1. The summed E-state index contributed by atoms with van der Waals surface area (Å²) in [6.45, 7) is 4.87. The fraction of sp³-hybridized carbons (Fsp3) is 0.545. The van der Waals surface area contributed by atoms with E-state index in [1.165, 1.54) is 0 Å². The zero-order valence-corrected chi connectivity index (χ0v) is 11.0. The molecule has 0 radical (unpaired) electrons. The van der Waals surface area contributed by atoms with Crippen LogP contribution in [0.25, 0.3) is 0 Å². The van der Waals surface area contributed by atoms with Gasteiger partial charge in [0.2, 0.25) is 0 Å². The smallest absolute Gasteiger partial charge is 0.138 e. The van der Waals surface area contributed by atoms with Gasteiger partial charge in [0, 0.05) is 31.3 Å². The zero-order chi connectivity index (χ0) is 13.1. The van der Waals surface area contributed by atoms with Crippen LogP contribution in [0.1, 0.15) is 30.0 Å². The average Bonchev–Trinajstić information content (AvgIpc) is 2.95. The van der Waals surface area contributed by atoms with Crippen molar-refractivity contribution in [3.8, 4) is 0 Å². The third-order valence-corrected chi connectivity index (χ3v) is 3.23. The minimum absolute atomic E-state index is 0.00630. The Kier molecular flexibility index (Phi) is 3.73. The second kappa shape index (κ2) is 5.28. The van der Waals surface area contributed by atoms with Crippen LogP contribution in [-0.2, 0) is 20.0 Å². The van der Waals surface area contributed by atoms with Crippen molar-refractivity contribution in [3.63, 3.8) is 0 Å². The van der Waals surface area contributed by atoms with Gasteiger partial charge in [0.1, 0.15) is 12.2 Å². The van der Waals surface area contributed by atoms with Crippen molar-refractivity contribution in [2.24, 2.45) is 12.9 Å². The highest BCUT2D eigenvalue weighted by molar-refractivity contribution is 5.21. The Labute approximate surface area is 106 Å². The van der Waals surface area contributed by atoms with Gasteiger partial charge in [-0.15, -0.1) is 0 Å². The van der Waals surface area contributed by atoms with Crippen molar-refractivity contribution in [3.05, 3.63) is 29.6 Å². The molecule has 0 bridgehead atoms. The average molecular weight is 249 g/mol. The summed E-state index contributed by atoms with van der Waals surface area (Å²) in [5.41, 5.74) is 5.01. The number of aryl methyl sites for hydroxylation is 2. The molecule has 3 N–H and O–H groups in total. The highest BCUT2D eigenvalue weighted by Crippen LogP contribution is 2.19. The molecule has 0 saturated heterocycles. The van der Waals surface area contributed by atoms with E-state index in [1.54, 1.807) is 6.33 Å². The molecule has 18 heavy (non-hydrogen) atoms. The first kappa shape index (κ1) is 12.7. The van der Waals surface area contributed by atoms with E-state index >= 15 is 0 Å². The standard InChI is InChI=1S/C11H19N7/c1-4-18-11(13-7-15-18)5-10(16-12)9-6-14-17(3)8(9)2/h6-7,10,16H,4-5,12H2,1-3H3. The van der Waals surface area contributed by atoms with Crippen molar-refractivity contribution in [1.29, 1.82) is 0 Å². The van der Waals surface area contributed by atoms with Crippen molar-refractivity contribution >= 4 is 0 Å². The summed E-state index contributed by atoms with van der Waals surface area (Å²) in [7, 11) is 1.92. The summed E-state index contributed by atoms with van der Waals surface area (Å²) >= 11 is 0. The Bertz CT molecular complexity index is 513. The van der Waals surface area contributed by atoms with Gasteiger partial charge in [0.25, 0.3) is 0 Å². The number of rotatable bonds is 5. The maximum Gasteiger partial charge on any atom is 0.138 e. The second-order valence-corrected chi connectivity index (χ2v) is 4.22. The van der Waals surface area contributed by atoms with Gasteiger partial charge in [-0.2, -0.15) is 10.2 Å². The van der Waals surface area contributed by atoms with E-state index < -0.39 is 0 Å². The highest BCUT2D eigenvalue weighted by atomic mass is 15.3. The van der Waals surface area contributed by atoms with E-state index in [4.69, 9.17) is 5.84 Å². The molecule has 0 aliphatic heterocycles. The van der Waals surface area contributed by atoms with Crippen LogP contribution in [0.3, 0.4) is 0 Å². The Balaban J connectivity index is 2.22. The third-order valence-electron chi connectivity index (χ3n) is 3.23. The molecule has 0 aliphatic carbocycles. The lowest BCUT2D eigenvalue weighted by atomic mass is 10.1. The van der Waals surface area contributed by atoms with E-state index in [1.807, 2.05) is 36.5 Å². The maximum atomic E-state index is 5.65. The van der Waals surface area contributed by atoms with E-state index in [9.17, 15) is 0 Å². The van der Waals surface area contributed by atoms with Crippen LogP contribution in [0.5, 0.6) is 0 Å². The normalized spacial score (nSPS) is 12.9. The van der Waals surface area contributed by atoms with Crippen LogP contribution in [-0.4, -0.2) is 24.5 Å². The SMILES string of the molecule is CCn1ncnc1CC(NN)c1cnn(C)c1C. The number of nitrogens with zero attached hydrogens (tertiary/aromatic N) is 5. The minimum atomic E-state index is -0.00630. The van der Waals surface area contributed by atoms with Gasteiger partial charge in [0.15, 0.2) is 0 Å². The predicted molar refractivity (Wildman–Crippen MR) is 67.4 cm³/mol. The first-order valence-electron chi connectivity index (χ1n) is 5.98. The van der Waals surface area contributed by atoms with Crippen LogP contribution in [0.4, 0.5) is 0 Å². The van der Waals surface area contributed by atoms with Gasteiger partial charge in [-0.25, -0.2) is 4.98 Å². The molecule has 0 aliphatic rings. The topological polar surface area (TPSA) is 86.6 Å². The molecule has 0 spiro atoms. The zero-order valence-electron chi connectivity index (χ0n) is 11.0. The van der Waals surface area contributed by atoms with Crippen molar-refractivity contribution < 1.29 is 0 Å². The van der Waals surface area contributed by atoms with E-state index in [0.29, 0.717) is 6.42 Å². The summed E-state index contributed by atoms with van der Waals surface area (Å²) in [5.74, 6) is 6.57. The monoisotopic (exact) mass is 249 g/mol. The summed E-state index contributed by atoms with van der Waals surface area (Å²) in [5, 5.41) is 8.39. The number of nitrogens with one attached hydrogen (secondary N) is 1. The maximum absolute atomic E-state index is 5.65. The predicted octanol–water partition coefficient (Wildman–Crippen LogP) is 0.0870. The summed E-state index contributed by atoms with van der Waals surface area (Å²) in [6, 6.07) is -0.00630. The molecular weight excluding hydrogens is 230 g/mol. The molecular formula is C11H19N7. The van der Waals surface area contributed by atoms with Crippen LogP contribution >= 0.6 is 0 Å². The fourth-order valence-electron chi connectivity index (χ4n) is 2.01. The molecule has 0 aromatic carbocycles. The van der Waals surface area contributed by atoms with Gasteiger partial charge in [-0.1, -0.05) is 0 Å². The first-order chi connectivity index (χ1) is 8.67. The van der Waals surface area contributed by atoms with Gasteiger partial charge in [-0.3, -0.25) is 20.6 Å². The molecule has 7 nitrogen and oxygen atoms in total. The van der Waals surface area contributed by atoms with Gasteiger partial charge in [0.05, 0.1) is 12.2 Å². The van der Waals surface area contributed by atoms with Crippen LogP contribution in [0.15, 0.2) is 12.5 Å². The Hall–Kier alpha value is -1.73. The largest absolute Gasteiger partial charge is 0.273 e. The lowest BCUT2D eigenvalue weighted by molar-refractivity contribution is 0.508. The van der Waals surface area contributed by atoms with Crippen molar-refractivity contribution in [2.75, 3.05) is 0 Å². The number of hydrogen-bond acceptors (Lipinski definition) is 5. The molecule has 2 rings (SSSR count). The fourth-order valence-corrected chi connectivity index (χ4v) is 2.01. The van der Waals surface area contributed by atoms with E-state index in [-0.39, 0.29) is 6.04 Å². The lowest BCUT2D eigenvalue weighted by Gasteiger charge is -2.15. The van der Waals surface area contributed by atoms with Gasteiger partial charge in [-0.05, 0) is 13.8 Å². The van der Waals surface area contributed by atoms with Gasteiger partial charge >= 0.3 is 0 Å². The second-order valence-electron chi connectivity index (χ2n) is 4.22. The Morgan fingerprint density at radius 1 is 1.44 bits per heavy atom. The van der Waals surface area contributed by atoms with E-state index in [0.717, 1.165) is 23.6 Å². The van der Waals surface area contributed by atoms with Gasteiger partial charge < -0.3 is 0 Å². The molecule has 2 aromatic heterocycles. The van der Waals surface area contributed by atoms with Crippen molar-refractivity contribution in [2.45, 2.75) is 32.9 Å². The summed E-state index contributed by atoms with van der Waals surface area (Å²) in [4.78, 5) is 4.27. The number of hydrogen-bond donors (Lipinski definition) is 2. The summed E-state index contributed by atoms with van der Waals surface area (Å²) < 4.78 is 3.71. The Morgan fingerprint density at radius 2 is 2.22 bits per heavy atom. The summed E-state index contributed by atoms with van der Waals surface area (Å²) in [6.07, 6.45) is 4.10. The lowest BCUT2D eigenvalue weighted by Crippen LogP contribution is -2.30. The number of aromatic nitrogens is 5. The molecule has 0 amide bonds. The molecule has 98 valence electrons. The highest BCUT2D eigenvalue weighted by Gasteiger charge is 2.18. The molecule has 2 heterocycles. The molecule has 1 atom stereocenters. The molecule has 0 saturated carbocycles. The number of nitrogens with two attached hydrogens (primary N) is 1. The molecule has 1 unspecified atom stereocenters. The molecule has 0 fully saturated rings. The minimum Gasteiger partial charge on any atom is -0.273 e. The first-order valence-corrected chi connectivity index (χ1v) is 5.98. The molecule has 7 heteroatoms. The molecule has 2 aromatic rings. The van der Waals surface area contributed by atoms with E-state index in [2.05, 4.69) is 20.6 Å². The van der Waals surface area contributed by atoms with Crippen LogP contribution in [0, 0.1) is 6.92 Å². The van der Waals surface area contributed by atoms with Crippen LogP contribution in [0.2, 0.25) is 0 Å². The third kappa shape index (κ3) is 2.27. The quantitative estimate of drug-likeness (QED) is 0.579.